The van der Waals surface area contributed by atoms with Gasteiger partial charge in [-0.2, -0.15) is 0 Å². The summed E-state index contributed by atoms with van der Waals surface area (Å²) in [6, 6.07) is 9.79. The van der Waals surface area contributed by atoms with Gasteiger partial charge in [0.2, 0.25) is 0 Å². The second-order valence-electron chi connectivity index (χ2n) is 2.41. The number of halogens is 1. The summed E-state index contributed by atoms with van der Waals surface area (Å²) >= 11 is 0. The summed E-state index contributed by atoms with van der Waals surface area (Å²) in [5, 5.41) is 0.694. The smallest absolute Gasteiger partial charge is 0.330 e. The van der Waals surface area contributed by atoms with Gasteiger partial charge in [0.15, 0.2) is 0 Å². The van der Waals surface area contributed by atoms with E-state index in [9.17, 15) is 0 Å². The third-order valence-corrected chi connectivity index (χ3v) is 3.41. The second kappa shape index (κ2) is 5.09. The normalized spacial score (nSPS) is 11.0. The summed E-state index contributed by atoms with van der Waals surface area (Å²) in [5.74, 6) is 0. The number of nitrogens with two attached hydrogens (primary N) is 1. The van der Waals surface area contributed by atoms with Gasteiger partial charge in [0.25, 0.3) is 5.13 Å². The molecule has 14 heavy (non-hydrogen) atoms. The first kappa shape index (κ1) is 11.2. The molecule has 1 heterocycles. The van der Waals surface area contributed by atoms with Crippen molar-refractivity contribution in [3.05, 3.63) is 35.1 Å². The Labute approximate surface area is 94.8 Å². The van der Waals surface area contributed by atoms with Gasteiger partial charge in [-0.05, 0) is 32.8 Å². The molecule has 3 nitrogen and oxygen atoms in total. The Hall–Kier alpha value is -0.910. The Morgan fingerprint density at radius 1 is 1.14 bits per heavy atom. The number of nitrogens with one attached hydrogen (secondary N) is 1. The Morgan fingerprint density at radius 3 is 2.43 bits per heavy atom. The predicted molar refractivity (Wildman–Crippen MR) is 54.8 cm³/mol. The van der Waals surface area contributed by atoms with Crippen LogP contribution in [0.1, 0.15) is 0 Å². The first-order valence-corrected chi connectivity index (χ1v) is 5.87. The van der Waals surface area contributed by atoms with Gasteiger partial charge < -0.3 is 18.1 Å². The van der Waals surface area contributed by atoms with Crippen molar-refractivity contribution in [2.24, 2.45) is 4.99 Å². The zero-order valence-electron chi connectivity index (χ0n) is 7.11. The summed E-state index contributed by atoms with van der Waals surface area (Å²) in [7, 11) is 3.03. The van der Waals surface area contributed by atoms with E-state index >= 15 is 0 Å². The molecule has 0 bridgehead atoms. The molecule has 0 radical (unpaired) electrons. The summed E-state index contributed by atoms with van der Waals surface area (Å²) in [6.07, 6.45) is 0. The lowest BCUT2D eigenvalue weighted by molar-refractivity contribution is -0.371. The van der Waals surface area contributed by atoms with Crippen LogP contribution in [0.3, 0.4) is 0 Å². The maximum atomic E-state index is 5.55. The average Bonchev–Trinajstić information content (AvgIpc) is 2.53. The molecule has 0 spiro atoms. The molecule has 0 aliphatic carbocycles. The van der Waals surface area contributed by atoms with E-state index in [1.54, 1.807) is 0 Å². The van der Waals surface area contributed by atoms with E-state index in [1.807, 2.05) is 30.3 Å². The fraction of sp³-hybridized carbons (Fsp3) is 0. The fourth-order valence-corrected chi connectivity index (χ4v) is 2.43. The topological polar surface area (TPSA) is 52.5 Å². The summed E-state index contributed by atoms with van der Waals surface area (Å²) in [5.41, 5.74) is 6.48. The molecule has 0 aliphatic heterocycles. The van der Waals surface area contributed by atoms with Crippen molar-refractivity contribution in [3.8, 4) is 0 Å². The Bertz CT molecular complexity index is 449. The number of H-pyrrole nitrogens is 1. The minimum Gasteiger partial charge on any atom is -1.00 e. The number of para-hydroxylation sites is 1. The van der Waals surface area contributed by atoms with E-state index < -0.39 is 0 Å². The first-order valence-electron chi connectivity index (χ1n) is 3.72. The maximum absolute atomic E-state index is 5.55. The number of aromatic amines is 1. The average molecular weight is 246 g/mol. The van der Waals surface area contributed by atoms with E-state index in [2.05, 4.69) is 9.98 Å². The molecule has 0 amide bonds. The third kappa shape index (κ3) is 2.80. The minimum atomic E-state index is 0. The zero-order chi connectivity index (χ0) is 9.10. The van der Waals surface area contributed by atoms with Gasteiger partial charge in [-0.15, -0.1) is 0 Å². The van der Waals surface area contributed by atoms with E-state index in [1.165, 1.54) is 20.7 Å². The number of aromatic nitrogens is 1. The van der Waals surface area contributed by atoms with E-state index in [4.69, 9.17) is 5.73 Å². The van der Waals surface area contributed by atoms with Crippen LogP contribution < -0.4 is 27.9 Å². The summed E-state index contributed by atoms with van der Waals surface area (Å²) < 4.78 is 0. The lowest BCUT2D eigenvalue weighted by atomic mass is 10.3. The Morgan fingerprint density at radius 2 is 1.86 bits per heavy atom. The van der Waals surface area contributed by atoms with Crippen molar-refractivity contribution in [3.63, 3.8) is 0 Å². The molecular weight excluding hydrogens is 238 g/mol. The van der Waals surface area contributed by atoms with Crippen molar-refractivity contribution in [1.29, 1.82) is 0 Å². The molecule has 2 aromatic rings. The molecule has 1 aromatic carbocycles. The quantitative estimate of drug-likeness (QED) is 0.608. The van der Waals surface area contributed by atoms with Gasteiger partial charge in [0.05, 0.1) is 0 Å². The van der Waals surface area contributed by atoms with Crippen LogP contribution in [-0.4, -0.2) is 0 Å². The molecule has 0 saturated carbocycles. The van der Waals surface area contributed by atoms with E-state index in [-0.39, 0.29) is 12.4 Å². The first-order chi connectivity index (χ1) is 6.34. The molecule has 3 N–H and O–H groups in total. The standard InChI is InChI=1S/C8H7N3S2.ClH/c9-7-11-8(13-12-7)10-6-4-2-1-3-5-6;/h1-5H,(H2,9,10,11);1H. The van der Waals surface area contributed by atoms with Crippen LogP contribution in [0.2, 0.25) is 0 Å². The van der Waals surface area contributed by atoms with Crippen molar-refractivity contribution in [2.45, 2.75) is 0 Å². The van der Waals surface area contributed by atoms with Crippen LogP contribution in [-0.2, 0) is 0 Å². The van der Waals surface area contributed by atoms with E-state index in [0.29, 0.717) is 5.13 Å². The monoisotopic (exact) mass is 245 g/mol. The summed E-state index contributed by atoms with van der Waals surface area (Å²) in [6.45, 7) is 0. The number of nitrogen functional groups attached to an aromatic ring is 1. The van der Waals surface area contributed by atoms with Crippen LogP contribution in [0.5, 0.6) is 0 Å². The highest BCUT2D eigenvalue weighted by molar-refractivity contribution is 7.69. The lowest BCUT2D eigenvalue weighted by Gasteiger charge is -1.81. The molecule has 2 rings (SSSR count). The van der Waals surface area contributed by atoms with Gasteiger partial charge in [0.1, 0.15) is 5.69 Å². The molecule has 6 heteroatoms. The maximum Gasteiger partial charge on any atom is 0.330 e. The highest BCUT2D eigenvalue weighted by Gasteiger charge is 1.98. The van der Waals surface area contributed by atoms with Crippen molar-refractivity contribution in [2.75, 3.05) is 5.73 Å². The fourth-order valence-electron chi connectivity index (χ4n) is 0.898. The van der Waals surface area contributed by atoms with Crippen LogP contribution in [0, 0.1) is 0 Å². The summed E-state index contributed by atoms with van der Waals surface area (Å²) in [4.78, 5) is 8.17. The van der Waals surface area contributed by atoms with Gasteiger partial charge >= 0.3 is 4.80 Å². The van der Waals surface area contributed by atoms with Gasteiger partial charge in [-0.25, -0.2) is 4.98 Å². The van der Waals surface area contributed by atoms with E-state index in [0.717, 1.165) is 10.5 Å². The number of nitrogens with zero attached hydrogens (tertiary/aromatic N) is 1. The molecular formula is C8H8ClN3S2. The zero-order valence-corrected chi connectivity index (χ0v) is 9.49. The molecule has 0 saturated heterocycles. The second-order valence-corrected chi connectivity index (χ2v) is 4.57. The minimum absolute atomic E-state index is 0. The highest BCUT2D eigenvalue weighted by Crippen LogP contribution is 2.09. The van der Waals surface area contributed by atoms with Crippen molar-refractivity contribution < 1.29 is 17.4 Å². The number of rotatable bonds is 1. The van der Waals surface area contributed by atoms with Crippen molar-refractivity contribution in [1.82, 2.24) is 0 Å². The number of hydrogen-bond acceptors (Lipinski definition) is 4. The van der Waals surface area contributed by atoms with Gasteiger partial charge in [0, 0.05) is 0 Å². The largest absolute Gasteiger partial charge is 1.00 e. The SMILES string of the molecule is Nc1[nH+]c(=Nc2ccccc2)ss1.[Cl-]. The molecule has 1 aromatic heterocycles. The van der Waals surface area contributed by atoms with Crippen LogP contribution in [0.15, 0.2) is 35.3 Å². The lowest BCUT2D eigenvalue weighted by Crippen LogP contribution is -3.00. The highest BCUT2D eigenvalue weighted by atomic mass is 35.5. The van der Waals surface area contributed by atoms with Crippen LogP contribution in [0.4, 0.5) is 10.8 Å². The van der Waals surface area contributed by atoms with Crippen LogP contribution in [0.25, 0.3) is 0 Å². The number of anilines is 1. The molecule has 0 unspecified atom stereocenters. The number of benzene rings is 1. The van der Waals surface area contributed by atoms with Crippen LogP contribution >= 0.6 is 20.7 Å². The Balaban J connectivity index is 0.000000980. The molecule has 0 fully saturated rings. The molecule has 74 valence electrons. The molecule has 0 atom stereocenters. The van der Waals surface area contributed by atoms with Crippen molar-refractivity contribution >= 4 is 31.5 Å². The Kier molecular flexibility index (Phi) is 4.06. The van der Waals surface area contributed by atoms with Gasteiger partial charge in [-0.1, -0.05) is 23.2 Å². The van der Waals surface area contributed by atoms with Gasteiger partial charge in [-0.3, -0.25) is 0 Å². The predicted octanol–water partition coefficient (Wildman–Crippen LogP) is -1.56. The third-order valence-electron chi connectivity index (χ3n) is 1.43. The number of hydrogen-bond donors (Lipinski definition) is 1. The molecule has 0 aliphatic rings.